The molecule has 1 aliphatic heterocycles. The molecule has 2 aromatic rings. The number of nitrogens with zero attached hydrogens (tertiary/aromatic N) is 1. The van der Waals surface area contributed by atoms with Crippen LogP contribution in [0.3, 0.4) is 0 Å². The van der Waals surface area contributed by atoms with Crippen LogP contribution in [0.2, 0.25) is 0 Å². The lowest BCUT2D eigenvalue weighted by atomic mass is 10.3. The average molecular weight is 318 g/mol. The Hall–Kier alpha value is -1.92. The number of nitrogens with one attached hydrogen (secondary N) is 1. The zero-order chi connectivity index (χ0) is 14.8. The lowest BCUT2D eigenvalue weighted by molar-refractivity contribution is -0.115. The number of thioether (sulfide) groups is 1. The second-order valence-corrected chi connectivity index (χ2v) is 6.40. The molecule has 1 N–H and O–H groups in total. The Morgan fingerprint density at radius 2 is 2.00 bits per heavy atom. The van der Waals surface area contributed by atoms with E-state index < -0.39 is 0 Å². The summed E-state index contributed by atoms with van der Waals surface area (Å²) in [6.45, 7) is 2.01. The molecule has 6 heteroatoms. The van der Waals surface area contributed by atoms with Crippen LogP contribution >= 0.6 is 23.1 Å². The van der Waals surface area contributed by atoms with E-state index in [1.165, 1.54) is 23.9 Å². The predicted molar refractivity (Wildman–Crippen MR) is 86.3 cm³/mol. The van der Waals surface area contributed by atoms with E-state index in [-0.39, 0.29) is 11.7 Å². The number of hydrogen-bond acceptors (Lipinski definition) is 4. The minimum Gasteiger partial charge on any atom is -0.300 e. The Kier molecular flexibility index (Phi) is 3.90. The first-order valence-electron chi connectivity index (χ1n) is 6.21. The summed E-state index contributed by atoms with van der Waals surface area (Å²) in [5.74, 6) is -0.468. The van der Waals surface area contributed by atoms with Crippen molar-refractivity contribution in [2.75, 3.05) is 0 Å². The Bertz CT molecular complexity index is 747. The summed E-state index contributed by atoms with van der Waals surface area (Å²) in [7, 11) is 0. The molecule has 1 aliphatic rings. The van der Waals surface area contributed by atoms with Crippen LogP contribution in [0, 0.1) is 12.7 Å². The van der Waals surface area contributed by atoms with E-state index in [1.54, 1.807) is 23.5 Å². The second-order valence-electron chi connectivity index (χ2n) is 4.43. The van der Waals surface area contributed by atoms with Gasteiger partial charge in [-0.1, -0.05) is 0 Å². The van der Waals surface area contributed by atoms with Gasteiger partial charge in [0.05, 0.1) is 10.6 Å². The standard InChI is InChI=1S/C15H11FN2OS2/c1-9-6-7-20-12(9)8-13-14(19)18-15(21-13)17-11-4-2-10(16)3-5-11/h2-8H,1H3,(H,17,18,19)/b13-8-. The third-order valence-corrected chi connectivity index (χ3v) is 4.75. The van der Waals surface area contributed by atoms with Gasteiger partial charge in [-0.05, 0) is 66.0 Å². The molecule has 1 amide bonds. The number of carbonyl (C=O) groups is 1. The van der Waals surface area contributed by atoms with Crippen molar-refractivity contribution in [1.29, 1.82) is 0 Å². The van der Waals surface area contributed by atoms with Crippen molar-refractivity contribution in [1.82, 2.24) is 5.32 Å². The first-order chi connectivity index (χ1) is 10.1. The number of hydrogen-bond donors (Lipinski definition) is 1. The molecule has 3 nitrogen and oxygen atoms in total. The Balaban J connectivity index is 1.83. The number of aliphatic imine (C=N–C) groups is 1. The molecule has 0 unspecified atom stereocenters. The van der Waals surface area contributed by atoms with E-state index in [4.69, 9.17) is 0 Å². The van der Waals surface area contributed by atoms with E-state index in [1.807, 2.05) is 24.4 Å². The van der Waals surface area contributed by atoms with Crippen LogP contribution in [0.5, 0.6) is 0 Å². The van der Waals surface area contributed by atoms with Crippen molar-refractivity contribution in [3.05, 3.63) is 56.9 Å². The highest BCUT2D eigenvalue weighted by Gasteiger charge is 2.24. The third-order valence-electron chi connectivity index (χ3n) is 2.87. The van der Waals surface area contributed by atoms with Gasteiger partial charge < -0.3 is 5.32 Å². The molecular formula is C15H11FN2OS2. The third kappa shape index (κ3) is 3.22. The van der Waals surface area contributed by atoms with Gasteiger partial charge in [0.1, 0.15) is 5.82 Å². The van der Waals surface area contributed by atoms with Crippen LogP contribution < -0.4 is 5.32 Å². The van der Waals surface area contributed by atoms with Crippen LogP contribution in [0.4, 0.5) is 10.1 Å². The van der Waals surface area contributed by atoms with Gasteiger partial charge in [0, 0.05) is 4.88 Å². The number of carbonyl (C=O) groups excluding carboxylic acids is 1. The molecule has 0 spiro atoms. The van der Waals surface area contributed by atoms with Crippen molar-refractivity contribution in [3.8, 4) is 0 Å². The highest BCUT2D eigenvalue weighted by atomic mass is 32.2. The fraction of sp³-hybridized carbons (Fsp3) is 0.0667. The summed E-state index contributed by atoms with van der Waals surface area (Å²) in [5, 5.41) is 5.21. The lowest BCUT2D eigenvalue weighted by Gasteiger charge is -1.95. The van der Waals surface area contributed by atoms with Crippen LogP contribution in [0.25, 0.3) is 6.08 Å². The molecule has 106 valence electrons. The van der Waals surface area contributed by atoms with Gasteiger partial charge in [-0.25, -0.2) is 9.38 Å². The Morgan fingerprint density at radius 1 is 1.24 bits per heavy atom. The van der Waals surface area contributed by atoms with E-state index in [2.05, 4.69) is 10.3 Å². The topological polar surface area (TPSA) is 41.5 Å². The van der Waals surface area contributed by atoms with Crippen LogP contribution in [0.15, 0.2) is 45.6 Å². The molecule has 0 saturated carbocycles. The summed E-state index contributed by atoms with van der Waals surface area (Å²) in [6.07, 6.45) is 1.87. The highest BCUT2D eigenvalue weighted by molar-refractivity contribution is 8.18. The minimum atomic E-state index is -0.309. The van der Waals surface area contributed by atoms with Gasteiger partial charge in [-0.3, -0.25) is 4.79 Å². The predicted octanol–water partition coefficient (Wildman–Crippen LogP) is 4.09. The molecule has 3 rings (SSSR count). The average Bonchev–Trinajstić information content (AvgIpc) is 3.00. The highest BCUT2D eigenvalue weighted by Crippen LogP contribution is 2.30. The van der Waals surface area contributed by atoms with Crippen molar-refractivity contribution in [2.45, 2.75) is 6.92 Å². The molecular weight excluding hydrogens is 307 g/mol. The molecule has 0 atom stereocenters. The van der Waals surface area contributed by atoms with Crippen molar-refractivity contribution >= 4 is 45.9 Å². The monoisotopic (exact) mass is 318 g/mol. The second kappa shape index (κ2) is 5.83. The number of halogens is 1. The largest absolute Gasteiger partial charge is 0.300 e. The summed E-state index contributed by atoms with van der Waals surface area (Å²) in [5.41, 5.74) is 1.75. The van der Waals surface area contributed by atoms with E-state index in [0.29, 0.717) is 15.8 Å². The first kappa shape index (κ1) is 14.0. The molecule has 0 radical (unpaired) electrons. The maximum atomic E-state index is 12.8. The fourth-order valence-electron chi connectivity index (χ4n) is 1.76. The SMILES string of the molecule is Cc1ccsc1/C=C1\SC(=Nc2ccc(F)cc2)NC1=O. The quantitative estimate of drug-likeness (QED) is 0.848. The smallest absolute Gasteiger partial charge is 0.264 e. The summed E-state index contributed by atoms with van der Waals surface area (Å²) in [4.78, 5) is 17.9. The van der Waals surface area contributed by atoms with Gasteiger partial charge in [0.2, 0.25) is 0 Å². The molecule has 1 aromatic heterocycles. The normalized spacial score (nSPS) is 18.5. The molecule has 0 aliphatic carbocycles. The van der Waals surface area contributed by atoms with Gasteiger partial charge >= 0.3 is 0 Å². The van der Waals surface area contributed by atoms with E-state index in [9.17, 15) is 9.18 Å². The number of aryl methyl sites for hydroxylation is 1. The van der Waals surface area contributed by atoms with Crippen LogP contribution in [-0.2, 0) is 4.79 Å². The van der Waals surface area contributed by atoms with Gasteiger partial charge in [0.15, 0.2) is 5.17 Å². The van der Waals surface area contributed by atoms with Crippen molar-refractivity contribution < 1.29 is 9.18 Å². The molecule has 1 fully saturated rings. The summed E-state index contributed by atoms with van der Waals surface area (Å²) < 4.78 is 12.8. The zero-order valence-corrected chi connectivity index (χ0v) is 12.7. The number of rotatable bonds is 2. The van der Waals surface area contributed by atoms with Crippen molar-refractivity contribution in [2.24, 2.45) is 4.99 Å². The van der Waals surface area contributed by atoms with E-state index in [0.717, 1.165) is 10.4 Å². The fourth-order valence-corrected chi connectivity index (χ4v) is 3.52. The lowest BCUT2D eigenvalue weighted by Crippen LogP contribution is -2.19. The Labute approximate surface area is 129 Å². The molecule has 1 aromatic carbocycles. The minimum absolute atomic E-state index is 0.159. The number of amides is 1. The maximum absolute atomic E-state index is 12.8. The molecule has 21 heavy (non-hydrogen) atoms. The summed E-state index contributed by atoms with van der Waals surface area (Å²) in [6, 6.07) is 7.83. The zero-order valence-electron chi connectivity index (χ0n) is 11.1. The Morgan fingerprint density at radius 3 is 2.67 bits per heavy atom. The molecule has 0 bridgehead atoms. The van der Waals surface area contributed by atoms with Crippen LogP contribution in [0.1, 0.15) is 10.4 Å². The van der Waals surface area contributed by atoms with Crippen molar-refractivity contribution in [3.63, 3.8) is 0 Å². The maximum Gasteiger partial charge on any atom is 0.264 e. The molecule has 1 saturated heterocycles. The van der Waals surface area contributed by atoms with Gasteiger partial charge in [-0.15, -0.1) is 11.3 Å². The van der Waals surface area contributed by atoms with E-state index >= 15 is 0 Å². The van der Waals surface area contributed by atoms with Crippen LogP contribution in [-0.4, -0.2) is 11.1 Å². The molecule has 2 heterocycles. The number of amidine groups is 1. The van der Waals surface area contributed by atoms with Gasteiger partial charge in [-0.2, -0.15) is 0 Å². The first-order valence-corrected chi connectivity index (χ1v) is 7.91. The number of benzene rings is 1. The number of thiophene rings is 1. The van der Waals surface area contributed by atoms with Gasteiger partial charge in [0.25, 0.3) is 5.91 Å². The summed E-state index contributed by atoms with van der Waals surface area (Å²) >= 11 is 2.88.